The number of hydrogen-bond donors (Lipinski definition) is 0. The van der Waals surface area contributed by atoms with E-state index in [4.69, 9.17) is 14.2 Å². The predicted molar refractivity (Wildman–Crippen MR) is 194 cm³/mol. The minimum atomic E-state index is -1.12. The molecule has 0 rings (SSSR count). The third kappa shape index (κ3) is 30.4. The summed E-state index contributed by atoms with van der Waals surface area (Å²) in [6.07, 6.45) is 30.6. The van der Waals surface area contributed by atoms with Crippen molar-refractivity contribution in [2.75, 3.05) is 41.0 Å². The zero-order valence-electron chi connectivity index (χ0n) is 32.2. The molecule has 0 bridgehead atoms. The van der Waals surface area contributed by atoms with Gasteiger partial charge in [-0.05, 0) is 12.8 Å². The molecule has 0 aromatic heterocycles. The Balaban J connectivity index is 4.00. The number of unbranched alkanes of at least 4 members (excludes halogenated alkanes) is 22. The summed E-state index contributed by atoms with van der Waals surface area (Å²) in [5, 5.41) is 11.5. The molecule has 0 fully saturated rings. The predicted octanol–water partition coefficient (Wildman–Crippen LogP) is 8.86. The largest absolute Gasteiger partial charge is 0.544 e. The smallest absolute Gasteiger partial charge is 0.306 e. The van der Waals surface area contributed by atoms with Crippen LogP contribution in [0.2, 0.25) is 0 Å². The third-order valence-corrected chi connectivity index (χ3v) is 9.24. The molecule has 0 saturated carbocycles. The molecule has 2 unspecified atom stereocenters. The summed E-state index contributed by atoms with van der Waals surface area (Å²) in [5.74, 6) is -1.75. The molecular weight excluding hydrogens is 606 g/mol. The zero-order chi connectivity index (χ0) is 35.7. The summed E-state index contributed by atoms with van der Waals surface area (Å²) in [6.45, 7) is 4.51. The van der Waals surface area contributed by atoms with Crippen LogP contribution in [0.4, 0.5) is 0 Å². The van der Waals surface area contributed by atoms with Gasteiger partial charge in [0.15, 0.2) is 6.10 Å². The first-order valence-corrected chi connectivity index (χ1v) is 20.1. The van der Waals surface area contributed by atoms with Crippen LogP contribution in [-0.2, 0) is 28.6 Å². The van der Waals surface area contributed by atoms with Crippen LogP contribution in [0.15, 0.2) is 0 Å². The van der Waals surface area contributed by atoms with Crippen molar-refractivity contribution >= 4 is 17.9 Å². The van der Waals surface area contributed by atoms with Crippen LogP contribution in [0.3, 0.4) is 0 Å². The van der Waals surface area contributed by atoms with Gasteiger partial charge in [-0.2, -0.15) is 0 Å². The lowest BCUT2D eigenvalue weighted by Crippen LogP contribution is -2.55. The molecular formula is C40H77NO7. The Bertz CT molecular complexity index is 767. The standard InChI is InChI=1S/C40H77NO7/c1-6-8-10-11-12-13-14-15-16-17-18-19-20-21-22-23-24-25-26-27-29-31-39(43)48-36(35-47-38(42)30-28-9-7-2)34-46-33-32-37(40(44)45)41(3,4)5/h36-37H,6-35H2,1-5H3. The van der Waals surface area contributed by atoms with Gasteiger partial charge in [-0.3, -0.25) is 9.59 Å². The average Bonchev–Trinajstić information content (AvgIpc) is 3.03. The maximum atomic E-state index is 12.6. The van der Waals surface area contributed by atoms with Crippen molar-refractivity contribution in [2.45, 2.75) is 199 Å². The van der Waals surface area contributed by atoms with E-state index in [2.05, 4.69) is 13.8 Å². The number of rotatable bonds is 36. The maximum Gasteiger partial charge on any atom is 0.306 e. The van der Waals surface area contributed by atoms with Gasteiger partial charge in [0.25, 0.3) is 0 Å². The van der Waals surface area contributed by atoms with Crippen LogP contribution < -0.4 is 5.11 Å². The minimum absolute atomic E-state index is 0.0458. The zero-order valence-corrected chi connectivity index (χ0v) is 32.2. The number of quaternary nitrogens is 1. The van der Waals surface area contributed by atoms with Crippen LogP contribution in [0.1, 0.15) is 187 Å². The van der Waals surface area contributed by atoms with E-state index < -0.39 is 18.1 Å². The first kappa shape index (κ1) is 46.3. The van der Waals surface area contributed by atoms with E-state index >= 15 is 0 Å². The highest BCUT2D eigenvalue weighted by Crippen LogP contribution is 2.16. The van der Waals surface area contributed by atoms with Gasteiger partial charge < -0.3 is 28.6 Å². The van der Waals surface area contributed by atoms with E-state index in [0.717, 1.165) is 38.5 Å². The first-order valence-electron chi connectivity index (χ1n) is 20.1. The fourth-order valence-electron chi connectivity index (χ4n) is 6.07. The summed E-state index contributed by atoms with van der Waals surface area (Å²) in [5.41, 5.74) is 0. The first-order chi connectivity index (χ1) is 23.1. The quantitative estimate of drug-likeness (QED) is 0.0369. The molecule has 0 aliphatic carbocycles. The van der Waals surface area contributed by atoms with Gasteiger partial charge >= 0.3 is 11.9 Å². The van der Waals surface area contributed by atoms with Crippen LogP contribution in [-0.4, -0.2) is 75.5 Å². The SMILES string of the molecule is CCCCCCCCCCCCCCCCCCCCCCCC(=O)OC(COCCC(C(=O)[O-])[N+](C)(C)C)COC(=O)CCCCC. The molecule has 8 heteroatoms. The van der Waals surface area contributed by atoms with Crippen molar-refractivity contribution in [3.05, 3.63) is 0 Å². The highest BCUT2D eigenvalue weighted by molar-refractivity contribution is 5.70. The summed E-state index contributed by atoms with van der Waals surface area (Å²) in [4.78, 5) is 36.2. The van der Waals surface area contributed by atoms with Crippen LogP contribution in [0.5, 0.6) is 0 Å². The van der Waals surface area contributed by atoms with Gasteiger partial charge in [0.05, 0.1) is 40.3 Å². The van der Waals surface area contributed by atoms with Gasteiger partial charge in [0.1, 0.15) is 12.6 Å². The Morgan fingerprint density at radius 2 is 0.917 bits per heavy atom. The molecule has 0 heterocycles. The number of esters is 2. The Morgan fingerprint density at radius 1 is 0.542 bits per heavy atom. The van der Waals surface area contributed by atoms with Crippen molar-refractivity contribution in [2.24, 2.45) is 0 Å². The molecule has 0 N–H and O–H groups in total. The monoisotopic (exact) mass is 684 g/mol. The van der Waals surface area contributed by atoms with Crippen molar-refractivity contribution < 1.29 is 38.2 Å². The Kier molecular flexibility index (Phi) is 31.4. The molecule has 0 aromatic carbocycles. The fourth-order valence-corrected chi connectivity index (χ4v) is 6.07. The van der Waals surface area contributed by atoms with E-state index in [1.807, 2.05) is 0 Å². The van der Waals surface area contributed by atoms with Crippen molar-refractivity contribution in [3.8, 4) is 0 Å². The molecule has 8 nitrogen and oxygen atoms in total. The molecule has 0 amide bonds. The number of carboxylic acids is 1. The number of aliphatic carboxylic acids is 1. The molecule has 0 aliphatic heterocycles. The molecule has 2 atom stereocenters. The number of carboxylic acid groups (broad SMARTS) is 1. The van der Waals surface area contributed by atoms with Crippen molar-refractivity contribution in [3.63, 3.8) is 0 Å². The molecule has 0 spiro atoms. The molecule has 0 aromatic rings. The highest BCUT2D eigenvalue weighted by Gasteiger charge is 2.25. The lowest BCUT2D eigenvalue weighted by Gasteiger charge is -2.34. The lowest BCUT2D eigenvalue weighted by molar-refractivity contribution is -0.889. The van der Waals surface area contributed by atoms with Crippen LogP contribution in [0, 0.1) is 0 Å². The molecule has 0 radical (unpaired) electrons. The summed E-state index contributed by atoms with van der Waals surface area (Å²) in [7, 11) is 5.39. The highest BCUT2D eigenvalue weighted by atomic mass is 16.6. The molecule has 0 aliphatic rings. The van der Waals surface area contributed by atoms with E-state index in [1.165, 1.54) is 116 Å². The van der Waals surface area contributed by atoms with Crippen LogP contribution >= 0.6 is 0 Å². The maximum absolute atomic E-state index is 12.6. The van der Waals surface area contributed by atoms with E-state index in [0.29, 0.717) is 12.8 Å². The van der Waals surface area contributed by atoms with Gasteiger partial charge in [-0.25, -0.2) is 0 Å². The van der Waals surface area contributed by atoms with Gasteiger partial charge in [-0.15, -0.1) is 0 Å². The topological polar surface area (TPSA) is 102 Å². The number of likely N-dealkylation sites (N-methyl/N-ethyl adjacent to an activating group) is 1. The average molecular weight is 684 g/mol. The number of carbonyl (C=O) groups excluding carboxylic acids is 3. The molecule has 0 saturated heterocycles. The van der Waals surface area contributed by atoms with Crippen molar-refractivity contribution in [1.82, 2.24) is 0 Å². The Hall–Kier alpha value is -1.67. The fraction of sp³-hybridized carbons (Fsp3) is 0.925. The third-order valence-electron chi connectivity index (χ3n) is 9.24. The van der Waals surface area contributed by atoms with E-state index in [1.54, 1.807) is 21.1 Å². The number of ether oxygens (including phenoxy) is 3. The van der Waals surface area contributed by atoms with Crippen LogP contribution in [0.25, 0.3) is 0 Å². The summed E-state index contributed by atoms with van der Waals surface area (Å²) >= 11 is 0. The van der Waals surface area contributed by atoms with Gasteiger partial charge in [0, 0.05) is 19.3 Å². The lowest BCUT2D eigenvalue weighted by atomic mass is 10.0. The number of nitrogens with zero attached hydrogens (tertiary/aromatic N) is 1. The molecule has 284 valence electrons. The van der Waals surface area contributed by atoms with Gasteiger partial charge in [-0.1, -0.05) is 155 Å². The van der Waals surface area contributed by atoms with E-state index in [9.17, 15) is 19.5 Å². The molecule has 48 heavy (non-hydrogen) atoms. The second-order valence-electron chi connectivity index (χ2n) is 14.9. The summed E-state index contributed by atoms with van der Waals surface area (Å²) < 4.78 is 16.9. The minimum Gasteiger partial charge on any atom is -0.544 e. The number of hydrogen-bond acceptors (Lipinski definition) is 7. The second kappa shape index (κ2) is 32.5. The Labute approximate surface area is 296 Å². The summed E-state index contributed by atoms with van der Waals surface area (Å²) in [6, 6.07) is -0.716. The van der Waals surface area contributed by atoms with E-state index in [-0.39, 0.29) is 42.7 Å². The second-order valence-corrected chi connectivity index (χ2v) is 14.9. The number of carbonyl (C=O) groups is 3. The van der Waals surface area contributed by atoms with Crippen molar-refractivity contribution in [1.29, 1.82) is 0 Å². The van der Waals surface area contributed by atoms with Gasteiger partial charge in [0.2, 0.25) is 0 Å². The Morgan fingerprint density at radius 3 is 1.33 bits per heavy atom. The normalized spacial score (nSPS) is 12.9.